The van der Waals surface area contributed by atoms with Crippen LogP contribution in [0, 0.1) is 0 Å². The summed E-state index contributed by atoms with van der Waals surface area (Å²) in [4.78, 5) is 21.2. The Morgan fingerprint density at radius 1 is 1.15 bits per heavy atom. The zero-order valence-electron chi connectivity index (χ0n) is 10.3. The first-order chi connectivity index (χ1) is 9.81. The number of thiazole rings is 1. The number of benzene rings is 1. The summed E-state index contributed by atoms with van der Waals surface area (Å²) in [5.41, 5.74) is 1.75. The minimum Gasteiger partial charge on any atom is -0.291 e. The van der Waals surface area contributed by atoms with Crippen molar-refractivity contribution in [1.82, 2.24) is 14.5 Å². The lowest BCUT2D eigenvalue weighted by Gasteiger charge is -2.01. The first-order valence-corrected chi connectivity index (χ1v) is 7.78. The molecule has 1 aromatic carbocycles. The summed E-state index contributed by atoms with van der Waals surface area (Å²) in [6.45, 7) is 0.471. The highest BCUT2D eigenvalue weighted by atomic mass is 32.1. The molecule has 20 heavy (non-hydrogen) atoms. The number of para-hydroxylation sites is 1. The van der Waals surface area contributed by atoms with Gasteiger partial charge in [-0.25, -0.2) is 9.97 Å². The predicted molar refractivity (Wildman–Crippen MR) is 82.6 cm³/mol. The van der Waals surface area contributed by atoms with Crippen molar-refractivity contribution in [1.29, 1.82) is 0 Å². The molecule has 4 aromatic rings. The van der Waals surface area contributed by atoms with Crippen LogP contribution in [0.2, 0.25) is 0 Å². The van der Waals surface area contributed by atoms with Gasteiger partial charge in [-0.1, -0.05) is 12.1 Å². The molecule has 4 rings (SSSR count). The van der Waals surface area contributed by atoms with Crippen molar-refractivity contribution in [2.24, 2.45) is 0 Å². The van der Waals surface area contributed by atoms with Crippen molar-refractivity contribution >= 4 is 43.1 Å². The number of rotatable bonds is 2. The molecule has 0 amide bonds. The molecule has 3 heterocycles. The molecule has 3 aromatic heterocycles. The van der Waals surface area contributed by atoms with Crippen molar-refractivity contribution < 1.29 is 0 Å². The SMILES string of the molecule is O=c1c2sccc2ncn1Cc1nc2ccccc2s1. The number of nitrogens with zero attached hydrogens (tertiary/aromatic N) is 3. The average molecular weight is 299 g/mol. The molecule has 0 fully saturated rings. The van der Waals surface area contributed by atoms with Crippen LogP contribution in [0.1, 0.15) is 5.01 Å². The van der Waals surface area contributed by atoms with Gasteiger partial charge in [-0.05, 0) is 23.6 Å². The van der Waals surface area contributed by atoms with Gasteiger partial charge in [-0.2, -0.15) is 0 Å². The Morgan fingerprint density at radius 2 is 2.05 bits per heavy atom. The maximum Gasteiger partial charge on any atom is 0.271 e. The summed E-state index contributed by atoms with van der Waals surface area (Å²) in [5, 5.41) is 2.81. The molecule has 0 saturated carbocycles. The molecule has 4 nitrogen and oxygen atoms in total. The van der Waals surface area contributed by atoms with Crippen LogP contribution >= 0.6 is 22.7 Å². The van der Waals surface area contributed by atoms with Crippen molar-refractivity contribution in [2.45, 2.75) is 6.54 Å². The Kier molecular flexibility index (Phi) is 2.64. The first kappa shape index (κ1) is 11.7. The summed E-state index contributed by atoms with van der Waals surface area (Å²) in [5.74, 6) is 0. The van der Waals surface area contributed by atoms with Gasteiger partial charge in [-0.3, -0.25) is 9.36 Å². The van der Waals surface area contributed by atoms with Crippen LogP contribution in [0.25, 0.3) is 20.4 Å². The van der Waals surface area contributed by atoms with Crippen molar-refractivity contribution in [3.05, 3.63) is 57.4 Å². The van der Waals surface area contributed by atoms with E-state index in [1.165, 1.54) is 11.3 Å². The van der Waals surface area contributed by atoms with Crippen LogP contribution in [0.3, 0.4) is 0 Å². The lowest BCUT2D eigenvalue weighted by Crippen LogP contribution is -2.20. The van der Waals surface area contributed by atoms with Gasteiger partial charge in [0.2, 0.25) is 0 Å². The molecule has 0 aliphatic rings. The molecular formula is C14H9N3OS2. The average Bonchev–Trinajstić information content (AvgIpc) is 3.08. The normalized spacial score (nSPS) is 11.4. The molecule has 0 N–H and O–H groups in total. The Labute approximate surface area is 122 Å². The molecule has 0 atom stereocenters. The Balaban J connectivity index is 1.80. The lowest BCUT2D eigenvalue weighted by molar-refractivity contribution is 0.746. The van der Waals surface area contributed by atoms with E-state index in [0.717, 1.165) is 20.7 Å². The molecule has 0 bridgehead atoms. The van der Waals surface area contributed by atoms with Crippen LogP contribution in [0.4, 0.5) is 0 Å². The van der Waals surface area contributed by atoms with Crippen molar-refractivity contribution in [3.8, 4) is 0 Å². The summed E-state index contributed by atoms with van der Waals surface area (Å²) >= 11 is 3.04. The van der Waals surface area contributed by atoms with E-state index in [1.54, 1.807) is 22.2 Å². The third-order valence-corrected chi connectivity index (χ3v) is 4.99. The van der Waals surface area contributed by atoms with Gasteiger partial charge in [0.15, 0.2) is 0 Å². The fourth-order valence-electron chi connectivity index (χ4n) is 2.12. The second kappa shape index (κ2) is 4.50. The fourth-order valence-corrected chi connectivity index (χ4v) is 3.88. The Morgan fingerprint density at radius 3 is 2.95 bits per heavy atom. The largest absolute Gasteiger partial charge is 0.291 e. The van der Waals surface area contributed by atoms with E-state index in [-0.39, 0.29) is 5.56 Å². The van der Waals surface area contributed by atoms with Crippen molar-refractivity contribution in [3.63, 3.8) is 0 Å². The quantitative estimate of drug-likeness (QED) is 0.571. The van der Waals surface area contributed by atoms with Crippen LogP contribution in [0.5, 0.6) is 0 Å². The highest BCUT2D eigenvalue weighted by Gasteiger charge is 2.08. The summed E-state index contributed by atoms with van der Waals surface area (Å²) in [6, 6.07) is 9.86. The minimum atomic E-state index is 0.00394. The number of hydrogen-bond acceptors (Lipinski definition) is 5. The van der Waals surface area contributed by atoms with Gasteiger partial charge in [0.25, 0.3) is 5.56 Å². The van der Waals surface area contributed by atoms with Crippen LogP contribution in [-0.2, 0) is 6.54 Å². The molecule has 0 aliphatic heterocycles. The van der Waals surface area contributed by atoms with E-state index >= 15 is 0 Å². The molecule has 0 unspecified atom stereocenters. The maximum atomic E-state index is 12.3. The number of hydrogen-bond donors (Lipinski definition) is 0. The van der Waals surface area contributed by atoms with E-state index in [0.29, 0.717) is 11.2 Å². The first-order valence-electron chi connectivity index (χ1n) is 6.08. The monoisotopic (exact) mass is 299 g/mol. The summed E-state index contributed by atoms with van der Waals surface area (Å²) in [7, 11) is 0. The van der Waals surface area contributed by atoms with E-state index in [9.17, 15) is 4.79 Å². The van der Waals surface area contributed by atoms with E-state index in [1.807, 2.05) is 35.7 Å². The molecule has 0 spiro atoms. The van der Waals surface area contributed by atoms with Crippen LogP contribution in [0.15, 0.2) is 46.8 Å². The topological polar surface area (TPSA) is 47.8 Å². The van der Waals surface area contributed by atoms with E-state index < -0.39 is 0 Å². The van der Waals surface area contributed by atoms with Gasteiger partial charge in [0.1, 0.15) is 9.71 Å². The minimum absolute atomic E-state index is 0.00394. The number of fused-ring (bicyclic) bond motifs is 2. The molecule has 0 aliphatic carbocycles. The Bertz CT molecular complexity index is 934. The molecule has 98 valence electrons. The molecule has 0 radical (unpaired) electrons. The van der Waals surface area contributed by atoms with Crippen LogP contribution in [-0.4, -0.2) is 14.5 Å². The molecule has 0 saturated heterocycles. The predicted octanol–water partition coefficient (Wildman–Crippen LogP) is 3.12. The van der Waals surface area contributed by atoms with Gasteiger partial charge in [0, 0.05) is 0 Å². The van der Waals surface area contributed by atoms with Gasteiger partial charge < -0.3 is 0 Å². The fraction of sp³-hybridized carbons (Fsp3) is 0.0714. The lowest BCUT2D eigenvalue weighted by atomic mass is 10.3. The van der Waals surface area contributed by atoms with E-state index in [4.69, 9.17) is 0 Å². The smallest absolute Gasteiger partial charge is 0.271 e. The van der Waals surface area contributed by atoms with Gasteiger partial charge in [0.05, 0.1) is 28.6 Å². The highest BCUT2D eigenvalue weighted by Crippen LogP contribution is 2.22. The standard InChI is InChI=1S/C14H9N3OS2/c18-14-13-10(5-6-19-13)15-8-17(14)7-12-16-9-3-1-2-4-11(9)20-12/h1-6,8H,7H2. The van der Waals surface area contributed by atoms with E-state index in [2.05, 4.69) is 9.97 Å². The zero-order valence-corrected chi connectivity index (χ0v) is 11.9. The number of thiophene rings is 1. The third kappa shape index (κ3) is 1.85. The molecule has 6 heteroatoms. The Hall–Kier alpha value is -2.05. The number of aromatic nitrogens is 3. The van der Waals surface area contributed by atoms with Gasteiger partial charge >= 0.3 is 0 Å². The summed E-state index contributed by atoms with van der Waals surface area (Å²) < 4.78 is 3.46. The second-order valence-corrected chi connectivity index (χ2v) is 6.42. The van der Waals surface area contributed by atoms with Crippen molar-refractivity contribution in [2.75, 3.05) is 0 Å². The zero-order chi connectivity index (χ0) is 13.5. The highest BCUT2D eigenvalue weighted by molar-refractivity contribution is 7.18. The molecular weight excluding hydrogens is 290 g/mol. The van der Waals surface area contributed by atoms with Crippen LogP contribution < -0.4 is 5.56 Å². The summed E-state index contributed by atoms with van der Waals surface area (Å²) in [6.07, 6.45) is 1.60. The maximum absolute atomic E-state index is 12.3. The van der Waals surface area contributed by atoms with Gasteiger partial charge in [-0.15, -0.1) is 22.7 Å². The second-order valence-electron chi connectivity index (χ2n) is 4.39. The third-order valence-electron chi connectivity index (χ3n) is 3.08.